The maximum atomic E-state index is 3.93. The fourth-order valence-electron chi connectivity index (χ4n) is 1.46. The second kappa shape index (κ2) is 4.10. The highest BCUT2D eigenvalue weighted by atomic mass is 14.1. The lowest BCUT2D eigenvalue weighted by Crippen LogP contribution is -1.83. The van der Waals surface area contributed by atoms with Crippen LogP contribution in [0.25, 0.3) is 0 Å². The molecule has 0 amide bonds. The summed E-state index contributed by atoms with van der Waals surface area (Å²) >= 11 is 0. The third kappa shape index (κ3) is 1.97. The van der Waals surface area contributed by atoms with E-state index < -0.39 is 0 Å². The van der Waals surface area contributed by atoms with Crippen LogP contribution >= 0.6 is 0 Å². The van der Waals surface area contributed by atoms with Crippen LogP contribution in [-0.2, 0) is 0 Å². The number of hydrogen-bond acceptors (Lipinski definition) is 0. The van der Waals surface area contributed by atoms with E-state index in [1.54, 1.807) is 0 Å². The molecule has 0 saturated heterocycles. The Morgan fingerprint density at radius 2 is 2.33 bits per heavy atom. The van der Waals surface area contributed by atoms with Gasteiger partial charge in [0.25, 0.3) is 0 Å². The summed E-state index contributed by atoms with van der Waals surface area (Å²) in [6.07, 6.45) is 9.56. The summed E-state index contributed by atoms with van der Waals surface area (Å²) in [6.45, 7) is 9.95. The minimum atomic E-state index is 1.02. The largest absolute Gasteiger partial charge is 0.0988 e. The molecule has 0 nitrogen and oxygen atoms in total. The van der Waals surface area contributed by atoms with Crippen molar-refractivity contribution in [2.45, 2.75) is 26.2 Å². The zero-order valence-electron chi connectivity index (χ0n) is 7.77. The summed E-state index contributed by atoms with van der Waals surface area (Å²) in [5, 5.41) is 0. The van der Waals surface area contributed by atoms with Crippen LogP contribution in [0.4, 0.5) is 0 Å². The average Bonchev–Trinajstić information content (AvgIpc) is 2.47. The molecule has 0 atom stereocenters. The Bertz CT molecular complexity index is 251. The first-order chi connectivity index (χ1) is 5.77. The molecule has 0 heterocycles. The molecule has 0 aromatic carbocycles. The maximum absolute atomic E-state index is 3.93. The van der Waals surface area contributed by atoms with Gasteiger partial charge in [0.05, 0.1) is 0 Å². The summed E-state index contributed by atoms with van der Waals surface area (Å²) in [6, 6.07) is 0. The van der Waals surface area contributed by atoms with E-state index in [1.807, 2.05) is 6.08 Å². The second-order valence-corrected chi connectivity index (χ2v) is 3.17. The highest BCUT2D eigenvalue weighted by Crippen LogP contribution is 2.26. The van der Waals surface area contributed by atoms with Gasteiger partial charge in [-0.2, -0.15) is 0 Å². The molecule has 0 fully saturated rings. The van der Waals surface area contributed by atoms with Gasteiger partial charge in [-0.05, 0) is 24.0 Å². The summed E-state index contributed by atoms with van der Waals surface area (Å²) < 4.78 is 0. The van der Waals surface area contributed by atoms with Gasteiger partial charge in [0, 0.05) is 0 Å². The van der Waals surface area contributed by atoms with Crippen molar-refractivity contribution in [1.82, 2.24) is 0 Å². The van der Waals surface area contributed by atoms with E-state index in [-0.39, 0.29) is 0 Å². The predicted molar refractivity (Wildman–Crippen MR) is 55.0 cm³/mol. The van der Waals surface area contributed by atoms with Gasteiger partial charge in [-0.3, -0.25) is 0 Å². The Kier molecular flexibility index (Phi) is 3.09. The van der Waals surface area contributed by atoms with Crippen molar-refractivity contribution in [3.05, 3.63) is 48.1 Å². The Morgan fingerprint density at radius 3 is 2.75 bits per heavy atom. The van der Waals surface area contributed by atoms with E-state index in [0.29, 0.717) is 0 Å². The van der Waals surface area contributed by atoms with Crippen molar-refractivity contribution in [2.24, 2.45) is 0 Å². The Morgan fingerprint density at radius 1 is 1.58 bits per heavy atom. The Balaban J connectivity index is 2.80. The topological polar surface area (TPSA) is 0 Å². The van der Waals surface area contributed by atoms with Gasteiger partial charge in [-0.15, -0.1) is 0 Å². The Labute approximate surface area is 75.0 Å². The fourth-order valence-corrected chi connectivity index (χ4v) is 1.46. The van der Waals surface area contributed by atoms with Crippen LogP contribution in [0.1, 0.15) is 26.2 Å². The molecule has 0 saturated carbocycles. The third-order valence-electron chi connectivity index (χ3n) is 2.12. The molecule has 0 radical (unpaired) electrons. The van der Waals surface area contributed by atoms with Gasteiger partial charge >= 0.3 is 0 Å². The van der Waals surface area contributed by atoms with Crippen LogP contribution in [0.15, 0.2) is 48.1 Å². The van der Waals surface area contributed by atoms with Gasteiger partial charge in [0.1, 0.15) is 0 Å². The number of hydrogen-bond donors (Lipinski definition) is 0. The lowest BCUT2D eigenvalue weighted by molar-refractivity contribution is 0.914. The second-order valence-electron chi connectivity index (χ2n) is 3.17. The fraction of sp³-hybridized carbons (Fsp3) is 0.333. The van der Waals surface area contributed by atoms with Crippen molar-refractivity contribution >= 4 is 0 Å². The zero-order chi connectivity index (χ0) is 8.97. The van der Waals surface area contributed by atoms with Crippen LogP contribution in [-0.4, -0.2) is 0 Å². The molecule has 0 aliphatic heterocycles. The van der Waals surface area contributed by atoms with Gasteiger partial charge in [-0.25, -0.2) is 0 Å². The number of allylic oxidation sites excluding steroid dienone is 6. The minimum absolute atomic E-state index is 1.02. The lowest BCUT2D eigenvalue weighted by atomic mass is 10.0. The van der Waals surface area contributed by atoms with E-state index in [4.69, 9.17) is 0 Å². The quantitative estimate of drug-likeness (QED) is 0.589. The third-order valence-corrected chi connectivity index (χ3v) is 2.12. The van der Waals surface area contributed by atoms with Crippen LogP contribution in [0.3, 0.4) is 0 Å². The highest BCUT2D eigenvalue weighted by Gasteiger charge is 2.06. The van der Waals surface area contributed by atoms with E-state index in [2.05, 4.69) is 32.2 Å². The van der Waals surface area contributed by atoms with E-state index >= 15 is 0 Å². The maximum Gasteiger partial charge on any atom is -0.00289 e. The van der Waals surface area contributed by atoms with E-state index in [9.17, 15) is 0 Å². The van der Waals surface area contributed by atoms with Crippen molar-refractivity contribution in [2.75, 3.05) is 0 Å². The summed E-state index contributed by atoms with van der Waals surface area (Å²) in [5.74, 6) is 0. The molecule has 0 aromatic heterocycles. The minimum Gasteiger partial charge on any atom is -0.0988 e. The molecule has 64 valence electrons. The molecule has 0 N–H and O–H groups in total. The summed E-state index contributed by atoms with van der Waals surface area (Å²) in [4.78, 5) is 0. The molecule has 1 aliphatic carbocycles. The first-order valence-corrected chi connectivity index (χ1v) is 4.48. The Hall–Kier alpha value is -1.04. The van der Waals surface area contributed by atoms with Crippen molar-refractivity contribution < 1.29 is 0 Å². The highest BCUT2D eigenvalue weighted by molar-refractivity contribution is 5.44. The van der Waals surface area contributed by atoms with E-state index in [1.165, 1.54) is 23.1 Å². The first-order valence-electron chi connectivity index (χ1n) is 4.48. The first kappa shape index (κ1) is 9.05. The van der Waals surface area contributed by atoms with Gasteiger partial charge in [0.2, 0.25) is 0 Å². The normalized spacial score (nSPS) is 19.9. The molecule has 0 heteroatoms. The molecule has 1 rings (SSSR count). The average molecular weight is 160 g/mol. The van der Waals surface area contributed by atoms with Crippen LogP contribution in [0, 0.1) is 0 Å². The van der Waals surface area contributed by atoms with Crippen LogP contribution in [0.5, 0.6) is 0 Å². The van der Waals surface area contributed by atoms with Crippen molar-refractivity contribution in [3.8, 4) is 0 Å². The summed E-state index contributed by atoms with van der Waals surface area (Å²) in [5.41, 5.74) is 3.99. The molecule has 0 spiro atoms. The summed E-state index contributed by atoms with van der Waals surface area (Å²) in [7, 11) is 0. The molecular formula is C12H16. The molecule has 12 heavy (non-hydrogen) atoms. The zero-order valence-corrected chi connectivity index (χ0v) is 7.77. The monoisotopic (exact) mass is 160 g/mol. The van der Waals surface area contributed by atoms with Gasteiger partial charge in [0.15, 0.2) is 0 Å². The van der Waals surface area contributed by atoms with Crippen LogP contribution in [0.2, 0.25) is 0 Å². The van der Waals surface area contributed by atoms with Gasteiger partial charge < -0.3 is 0 Å². The SMILES string of the molecule is C=C/C(CCC)=C1\C=CC(=C)C1. The van der Waals surface area contributed by atoms with E-state index in [0.717, 1.165) is 12.8 Å². The van der Waals surface area contributed by atoms with Crippen molar-refractivity contribution in [3.63, 3.8) is 0 Å². The van der Waals surface area contributed by atoms with Crippen molar-refractivity contribution in [1.29, 1.82) is 0 Å². The standard InChI is InChI=1S/C12H16/c1-4-6-11(5-2)12-8-7-10(3)9-12/h5,7-8H,2-4,6,9H2,1H3/b12-11-. The molecule has 0 aromatic rings. The molecule has 0 bridgehead atoms. The lowest BCUT2D eigenvalue weighted by Gasteiger charge is -2.03. The number of rotatable bonds is 3. The predicted octanol–water partition coefficient (Wildman–Crippen LogP) is 3.79. The molecule has 1 aliphatic rings. The van der Waals surface area contributed by atoms with Crippen LogP contribution < -0.4 is 0 Å². The molecular weight excluding hydrogens is 144 g/mol. The molecule has 0 unspecified atom stereocenters. The smallest absolute Gasteiger partial charge is 0.00289 e. The van der Waals surface area contributed by atoms with Gasteiger partial charge in [-0.1, -0.05) is 50.3 Å².